The topological polar surface area (TPSA) is 137 Å². The Morgan fingerprint density at radius 3 is 1.38 bits per heavy atom. The van der Waals surface area contributed by atoms with E-state index in [1.807, 2.05) is 0 Å². The van der Waals surface area contributed by atoms with Crippen LogP contribution in [0.15, 0.2) is 18.2 Å². The first kappa shape index (κ1) is 39.2. The summed E-state index contributed by atoms with van der Waals surface area (Å²) in [6.07, 6.45) is 27.9. The smallest absolute Gasteiger partial charge is 0.307 e. The van der Waals surface area contributed by atoms with Crippen molar-refractivity contribution in [3.63, 3.8) is 0 Å². The molecule has 0 saturated heterocycles. The number of carboxylic acid groups (broad SMARTS) is 2. The van der Waals surface area contributed by atoms with E-state index in [-0.39, 0.29) is 12.2 Å². The van der Waals surface area contributed by atoms with E-state index >= 15 is 0 Å². The minimum absolute atomic E-state index is 0.000463. The van der Waals surface area contributed by atoms with Gasteiger partial charge < -0.3 is 35.4 Å². The summed E-state index contributed by atoms with van der Waals surface area (Å²) in [5, 5.41) is 35.1. The van der Waals surface area contributed by atoms with E-state index in [1.165, 1.54) is 161 Å². The van der Waals surface area contributed by atoms with Gasteiger partial charge in [0.15, 0.2) is 6.29 Å². The fourth-order valence-corrected chi connectivity index (χ4v) is 7.80. The SMILES string of the molecule is C1CCC(NC2CCCCC2)CC1.C1CCC(NC2CCCCC2)CC1.COC(OC)c1cc(O)ccc1C[C@@H](CC(=O)O)C(=O)O. The van der Waals surface area contributed by atoms with Crippen LogP contribution in [0.1, 0.15) is 152 Å². The average Bonchev–Trinajstić information content (AvgIpc) is 3.08. The van der Waals surface area contributed by atoms with Crippen LogP contribution in [0.5, 0.6) is 5.75 Å². The van der Waals surface area contributed by atoms with Crippen molar-refractivity contribution in [1.82, 2.24) is 10.6 Å². The Hall–Kier alpha value is -2.20. The van der Waals surface area contributed by atoms with E-state index in [2.05, 4.69) is 10.6 Å². The first-order chi connectivity index (χ1) is 22.8. The number of hydrogen-bond donors (Lipinski definition) is 5. The summed E-state index contributed by atoms with van der Waals surface area (Å²) in [4.78, 5) is 21.9. The van der Waals surface area contributed by atoms with Gasteiger partial charge in [0.2, 0.25) is 0 Å². The van der Waals surface area contributed by atoms with Crippen molar-refractivity contribution < 1.29 is 34.4 Å². The number of methoxy groups -OCH3 is 2. The maximum atomic E-state index is 11.2. The van der Waals surface area contributed by atoms with Crippen molar-refractivity contribution in [2.24, 2.45) is 5.92 Å². The molecule has 4 fully saturated rings. The lowest BCUT2D eigenvalue weighted by atomic mass is 9.91. The lowest BCUT2D eigenvalue weighted by Crippen LogP contribution is -2.40. The molecule has 0 unspecified atom stereocenters. The van der Waals surface area contributed by atoms with Crippen molar-refractivity contribution in [3.05, 3.63) is 29.3 Å². The molecule has 0 aliphatic heterocycles. The van der Waals surface area contributed by atoms with Crippen LogP contribution in [0, 0.1) is 5.92 Å². The molecule has 1 aromatic rings. The van der Waals surface area contributed by atoms with Gasteiger partial charge in [0.1, 0.15) is 5.75 Å². The summed E-state index contributed by atoms with van der Waals surface area (Å²) >= 11 is 0. The molecular formula is C38H64N2O7. The third kappa shape index (κ3) is 15.3. The van der Waals surface area contributed by atoms with Gasteiger partial charge in [-0.1, -0.05) is 83.1 Å². The van der Waals surface area contributed by atoms with Gasteiger partial charge in [0.05, 0.1) is 12.3 Å². The Bertz CT molecular complexity index is 943. The third-order valence-electron chi connectivity index (χ3n) is 10.4. The molecule has 4 saturated carbocycles. The van der Waals surface area contributed by atoms with Crippen molar-refractivity contribution >= 4 is 11.9 Å². The summed E-state index contributed by atoms with van der Waals surface area (Å²) in [7, 11) is 2.82. The maximum Gasteiger partial charge on any atom is 0.307 e. The third-order valence-corrected chi connectivity index (χ3v) is 10.4. The molecule has 0 radical (unpaired) electrons. The first-order valence-electron chi connectivity index (χ1n) is 18.6. The van der Waals surface area contributed by atoms with Crippen LogP contribution in [0.25, 0.3) is 0 Å². The van der Waals surface area contributed by atoms with Crippen LogP contribution in [0.4, 0.5) is 0 Å². The maximum absolute atomic E-state index is 11.2. The zero-order valence-corrected chi connectivity index (χ0v) is 29.2. The Labute approximate surface area is 283 Å². The summed E-state index contributed by atoms with van der Waals surface area (Å²) < 4.78 is 10.2. The summed E-state index contributed by atoms with van der Waals surface area (Å²) in [6, 6.07) is 7.84. The van der Waals surface area contributed by atoms with Crippen LogP contribution in [0.2, 0.25) is 0 Å². The van der Waals surface area contributed by atoms with Crippen molar-refractivity contribution in [2.75, 3.05) is 14.2 Å². The van der Waals surface area contributed by atoms with Crippen LogP contribution in [-0.2, 0) is 25.5 Å². The van der Waals surface area contributed by atoms with Crippen LogP contribution >= 0.6 is 0 Å². The summed E-state index contributed by atoms with van der Waals surface area (Å²) in [6.45, 7) is 0. The largest absolute Gasteiger partial charge is 0.508 e. The number of aromatic hydroxyl groups is 1. The number of carboxylic acids is 2. The molecule has 0 heterocycles. The number of nitrogens with one attached hydrogen (secondary N) is 2. The molecule has 0 aromatic heterocycles. The van der Waals surface area contributed by atoms with Crippen molar-refractivity contribution in [1.29, 1.82) is 0 Å². The minimum Gasteiger partial charge on any atom is -0.508 e. The van der Waals surface area contributed by atoms with E-state index < -0.39 is 30.6 Å². The van der Waals surface area contributed by atoms with E-state index in [0.29, 0.717) is 11.1 Å². The van der Waals surface area contributed by atoms with Gasteiger partial charge in [-0.3, -0.25) is 9.59 Å². The second kappa shape index (κ2) is 22.4. The number of ether oxygens (including phenoxy) is 2. The Kier molecular flexibility index (Phi) is 18.7. The molecule has 9 heteroatoms. The number of carbonyl (C=O) groups is 2. The number of rotatable bonds is 12. The monoisotopic (exact) mass is 660 g/mol. The molecule has 1 atom stereocenters. The summed E-state index contributed by atoms with van der Waals surface area (Å²) in [5.41, 5.74) is 1.02. The van der Waals surface area contributed by atoms with E-state index in [9.17, 15) is 14.7 Å². The number of phenols is 1. The van der Waals surface area contributed by atoms with E-state index in [1.54, 1.807) is 0 Å². The first-order valence-corrected chi connectivity index (χ1v) is 18.6. The van der Waals surface area contributed by atoms with Gasteiger partial charge >= 0.3 is 11.9 Å². The molecule has 9 nitrogen and oxygen atoms in total. The van der Waals surface area contributed by atoms with Crippen molar-refractivity contribution in [2.45, 2.75) is 172 Å². The fraction of sp³-hybridized carbons (Fsp3) is 0.789. The van der Waals surface area contributed by atoms with Crippen LogP contribution < -0.4 is 10.6 Å². The highest BCUT2D eigenvalue weighted by Crippen LogP contribution is 2.29. The van der Waals surface area contributed by atoms with Gasteiger partial charge in [0.25, 0.3) is 0 Å². The zero-order chi connectivity index (χ0) is 33.9. The molecule has 4 aliphatic carbocycles. The average molecular weight is 661 g/mol. The number of benzene rings is 1. The normalized spacial score (nSPS) is 20.8. The van der Waals surface area contributed by atoms with E-state index in [0.717, 1.165) is 24.2 Å². The van der Waals surface area contributed by atoms with Crippen LogP contribution in [0.3, 0.4) is 0 Å². The molecule has 47 heavy (non-hydrogen) atoms. The molecule has 0 amide bonds. The second-order valence-electron chi connectivity index (χ2n) is 14.2. The lowest BCUT2D eigenvalue weighted by molar-refractivity contribution is -0.148. The quantitative estimate of drug-likeness (QED) is 0.142. The lowest BCUT2D eigenvalue weighted by Gasteiger charge is -2.30. The fourth-order valence-electron chi connectivity index (χ4n) is 7.80. The Morgan fingerprint density at radius 1 is 0.681 bits per heavy atom. The molecule has 0 spiro atoms. The highest BCUT2D eigenvalue weighted by atomic mass is 16.7. The van der Waals surface area contributed by atoms with Gasteiger partial charge in [-0.2, -0.15) is 0 Å². The number of hydrogen-bond acceptors (Lipinski definition) is 7. The predicted molar refractivity (Wildman–Crippen MR) is 186 cm³/mol. The standard InChI is InChI=1S/C14H18O7.2C12H23N/c1-20-14(21-2)11-7-10(15)4-3-8(11)5-9(13(18)19)6-12(16)17;2*1-3-7-11(8-4-1)13-12-9-5-2-6-10-12/h3-4,7,9,14-15H,5-6H2,1-2H3,(H,16,17)(H,18,19);2*11-13H,1-10H2/t9-;;/m0../s1. The molecule has 5 N–H and O–H groups in total. The highest BCUT2D eigenvalue weighted by Gasteiger charge is 2.25. The van der Waals surface area contributed by atoms with Gasteiger partial charge in [-0.15, -0.1) is 0 Å². The molecule has 268 valence electrons. The van der Waals surface area contributed by atoms with Gasteiger partial charge in [-0.25, -0.2) is 0 Å². The van der Waals surface area contributed by atoms with Gasteiger partial charge in [-0.05, 0) is 75.5 Å². The Morgan fingerprint density at radius 2 is 1.06 bits per heavy atom. The number of phenolic OH excluding ortho intramolecular Hbond substituents is 1. The second-order valence-corrected chi connectivity index (χ2v) is 14.2. The number of aliphatic carboxylic acids is 2. The summed E-state index contributed by atoms with van der Waals surface area (Å²) in [5.74, 6) is -3.46. The van der Waals surface area contributed by atoms with Crippen molar-refractivity contribution in [3.8, 4) is 5.75 Å². The van der Waals surface area contributed by atoms with Gasteiger partial charge in [0, 0.05) is 44.0 Å². The zero-order valence-electron chi connectivity index (χ0n) is 29.2. The predicted octanol–water partition coefficient (Wildman–Crippen LogP) is 7.88. The molecule has 1 aromatic carbocycles. The highest BCUT2D eigenvalue weighted by molar-refractivity contribution is 5.78. The minimum atomic E-state index is -1.19. The van der Waals surface area contributed by atoms with Crippen LogP contribution in [-0.4, -0.2) is 65.6 Å². The molecular weight excluding hydrogens is 596 g/mol. The molecule has 5 rings (SSSR count). The van der Waals surface area contributed by atoms with E-state index in [4.69, 9.17) is 19.7 Å². The molecule has 4 aliphatic rings. The Balaban J connectivity index is 0.000000200. The molecule has 0 bridgehead atoms.